The summed E-state index contributed by atoms with van der Waals surface area (Å²) in [5.74, 6) is -1.19. The minimum absolute atomic E-state index is 0.0536. The van der Waals surface area contributed by atoms with Crippen molar-refractivity contribution in [1.29, 1.82) is 0 Å². The molecule has 17 heavy (non-hydrogen) atoms. The van der Waals surface area contributed by atoms with E-state index in [9.17, 15) is 18.0 Å². The van der Waals surface area contributed by atoms with Gasteiger partial charge in [-0.1, -0.05) is 0 Å². The van der Waals surface area contributed by atoms with Gasteiger partial charge in [0.2, 0.25) is 11.8 Å². The summed E-state index contributed by atoms with van der Waals surface area (Å²) in [5.41, 5.74) is 5.15. The Labute approximate surface area is 100 Å². The van der Waals surface area contributed by atoms with Crippen molar-refractivity contribution in [2.24, 2.45) is 11.7 Å². The quantitative estimate of drug-likeness (QED) is 0.682. The summed E-state index contributed by atoms with van der Waals surface area (Å²) in [6.45, 7) is 0.0536. The highest BCUT2D eigenvalue weighted by Gasteiger charge is 2.39. The fourth-order valence-electron chi connectivity index (χ4n) is 1.87. The third kappa shape index (κ3) is 2.96. The summed E-state index contributed by atoms with van der Waals surface area (Å²) in [7, 11) is -3.26. The molecule has 2 aliphatic rings. The van der Waals surface area contributed by atoms with E-state index in [1.165, 1.54) is 4.90 Å². The molecular formula is C10H15N2O4S. The van der Waals surface area contributed by atoms with Crippen LogP contribution in [0.3, 0.4) is 0 Å². The van der Waals surface area contributed by atoms with Crippen LogP contribution < -0.4 is 5.73 Å². The molecule has 1 saturated carbocycles. The molecule has 7 heteroatoms. The van der Waals surface area contributed by atoms with Crippen molar-refractivity contribution in [2.75, 3.05) is 18.1 Å². The largest absolute Gasteiger partial charge is 0.368 e. The number of nitrogens with zero attached hydrogens (tertiary/aromatic N) is 1. The second-order valence-corrected chi connectivity index (χ2v) is 6.80. The summed E-state index contributed by atoms with van der Waals surface area (Å²) in [5, 5.41) is 0. The molecule has 0 aromatic carbocycles. The zero-order chi connectivity index (χ0) is 12.6. The number of carbonyl (C=O) groups excluding carboxylic acids is 2. The number of nitrogens with two attached hydrogens (primary N) is 1. The predicted octanol–water partition coefficient (Wildman–Crippen LogP) is -1.29. The maximum atomic E-state index is 11.8. The van der Waals surface area contributed by atoms with Crippen LogP contribution in [0.1, 0.15) is 12.8 Å². The lowest BCUT2D eigenvalue weighted by Gasteiger charge is -2.33. The van der Waals surface area contributed by atoms with Gasteiger partial charge in [-0.05, 0) is 18.8 Å². The standard InChI is InChI=1S/C10H15N2O4S/c11-10(14)8-6-17(15,16)4-3-12(8)9(13)5-7-1-2-7/h5,7-8H,1-4,6H2,(H2,11,14)/t8-/m0/s1. The van der Waals surface area contributed by atoms with E-state index >= 15 is 0 Å². The lowest BCUT2D eigenvalue weighted by molar-refractivity contribution is -0.136. The minimum Gasteiger partial charge on any atom is -0.368 e. The minimum atomic E-state index is -3.26. The molecule has 1 aliphatic heterocycles. The van der Waals surface area contributed by atoms with Gasteiger partial charge in [0.15, 0.2) is 9.84 Å². The van der Waals surface area contributed by atoms with Crippen molar-refractivity contribution < 1.29 is 18.0 Å². The Kier molecular flexibility index (Phi) is 3.11. The summed E-state index contributed by atoms with van der Waals surface area (Å²) in [6.07, 6.45) is 3.53. The Balaban J connectivity index is 2.08. The molecule has 95 valence electrons. The van der Waals surface area contributed by atoms with Crippen LogP contribution in [-0.4, -0.2) is 49.2 Å². The number of rotatable bonds is 3. The molecule has 2 amide bonds. The number of amides is 2. The van der Waals surface area contributed by atoms with Crippen LogP contribution in [0.4, 0.5) is 0 Å². The molecule has 6 nitrogen and oxygen atoms in total. The van der Waals surface area contributed by atoms with Gasteiger partial charge in [-0.3, -0.25) is 9.59 Å². The number of primary amides is 1. The van der Waals surface area contributed by atoms with Gasteiger partial charge in [0, 0.05) is 6.54 Å². The zero-order valence-electron chi connectivity index (χ0n) is 9.33. The molecule has 0 bridgehead atoms. The van der Waals surface area contributed by atoms with Crippen LogP contribution in [0.2, 0.25) is 0 Å². The van der Waals surface area contributed by atoms with Gasteiger partial charge in [0.1, 0.15) is 6.04 Å². The maximum absolute atomic E-state index is 11.8. The SMILES string of the molecule is NC(=O)[C@@H]1CS(=O)(=O)CCN1C(=O)[CH]C1CC1. The van der Waals surface area contributed by atoms with Crippen LogP contribution in [-0.2, 0) is 19.4 Å². The molecule has 0 aromatic rings. The molecule has 2 rings (SSSR count). The van der Waals surface area contributed by atoms with Crippen LogP contribution in [0.25, 0.3) is 0 Å². The number of carbonyl (C=O) groups is 2. The van der Waals surface area contributed by atoms with Crippen molar-refractivity contribution >= 4 is 21.7 Å². The Morgan fingerprint density at radius 1 is 1.29 bits per heavy atom. The van der Waals surface area contributed by atoms with Gasteiger partial charge in [-0.15, -0.1) is 0 Å². The molecule has 0 spiro atoms. The van der Waals surface area contributed by atoms with E-state index in [2.05, 4.69) is 0 Å². The lowest BCUT2D eigenvalue weighted by atomic mass is 10.2. The fourth-order valence-corrected chi connectivity index (χ4v) is 3.33. The number of hydrogen-bond donors (Lipinski definition) is 1. The van der Waals surface area contributed by atoms with E-state index in [0.29, 0.717) is 0 Å². The van der Waals surface area contributed by atoms with Gasteiger partial charge < -0.3 is 10.6 Å². The zero-order valence-corrected chi connectivity index (χ0v) is 10.1. The third-order valence-electron chi connectivity index (χ3n) is 3.04. The molecule has 1 aliphatic carbocycles. The van der Waals surface area contributed by atoms with Gasteiger partial charge in [-0.2, -0.15) is 0 Å². The van der Waals surface area contributed by atoms with Crippen LogP contribution in [0, 0.1) is 12.3 Å². The summed E-state index contributed by atoms with van der Waals surface area (Å²) < 4.78 is 22.8. The second kappa shape index (κ2) is 4.29. The van der Waals surface area contributed by atoms with E-state index < -0.39 is 21.8 Å². The maximum Gasteiger partial charge on any atom is 0.241 e. The highest BCUT2D eigenvalue weighted by molar-refractivity contribution is 7.91. The monoisotopic (exact) mass is 259 g/mol. The van der Waals surface area contributed by atoms with Crippen molar-refractivity contribution in [3.8, 4) is 0 Å². The number of sulfone groups is 1. The number of hydrogen-bond acceptors (Lipinski definition) is 4. The molecule has 1 heterocycles. The molecule has 2 N–H and O–H groups in total. The van der Waals surface area contributed by atoms with Crippen LogP contribution >= 0.6 is 0 Å². The Morgan fingerprint density at radius 3 is 2.47 bits per heavy atom. The molecule has 0 aromatic heterocycles. The smallest absolute Gasteiger partial charge is 0.241 e. The van der Waals surface area contributed by atoms with Crippen molar-refractivity contribution in [3.63, 3.8) is 0 Å². The highest BCUT2D eigenvalue weighted by atomic mass is 32.2. The van der Waals surface area contributed by atoms with Crippen LogP contribution in [0.15, 0.2) is 0 Å². The van der Waals surface area contributed by atoms with Gasteiger partial charge >= 0.3 is 0 Å². The summed E-state index contributed by atoms with van der Waals surface area (Å²) in [6, 6.07) is -1.02. The first kappa shape index (κ1) is 12.3. The highest BCUT2D eigenvalue weighted by Crippen LogP contribution is 2.32. The van der Waals surface area contributed by atoms with E-state index in [-0.39, 0.29) is 29.9 Å². The molecule has 1 saturated heterocycles. The molecular weight excluding hydrogens is 244 g/mol. The first-order chi connectivity index (χ1) is 7.89. The third-order valence-corrected chi connectivity index (χ3v) is 4.67. The molecule has 1 radical (unpaired) electrons. The summed E-state index contributed by atoms with van der Waals surface area (Å²) in [4.78, 5) is 24.3. The van der Waals surface area contributed by atoms with E-state index in [4.69, 9.17) is 5.73 Å². The van der Waals surface area contributed by atoms with Crippen molar-refractivity contribution in [2.45, 2.75) is 18.9 Å². The van der Waals surface area contributed by atoms with E-state index in [0.717, 1.165) is 12.8 Å². The average Bonchev–Trinajstić information content (AvgIpc) is 2.99. The molecule has 0 unspecified atom stereocenters. The predicted molar refractivity (Wildman–Crippen MR) is 60.4 cm³/mol. The Morgan fingerprint density at radius 2 is 1.94 bits per heavy atom. The Bertz CT molecular complexity index is 441. The molecule has 1 atom stereocenters. The van der Waals surface area contributed by atoms with E-state index in [1.54, 1.807) is 6.42 Å². The molecule has 2 fully saturated rings. The first-order valence-electron chi connectivity index (χ1n) is 5.54. The lowest BCUT2D eigenvalue weighted by Crippen LogP contribution is -2.56. The fraction of sp³-hybridized carbons (Fsp3) is 0.700. The Hall–Kier alpha value is -1.11. The second-order valence-electron chi connectivity index (χ2n) is 4.57. The van der Waals surface area contributed by atoms with Crippen LogP contribution in [0.5, 0.6) is 0 Å². The summed E-state index contributed by atoms with van der Waals surface area (Å²) >= 11 is 0. The van der Waals surface area contributed by atoms with Gasteiger partial charge in [-0.25, -0.2) is 8.42 Å². The van der Waals surface area contributed by atoms with Gasteiger partial charge in [0.05, 0.1) is 17.9 Å². The van der Waals surface area contributed by atoms with Crippen molar-refractivity contribution in [1.82, 2.24) is 4.90 Å². The normalized spacial score (nSPS) is 27.8. The topological polar surface area (TPSA) is 97.5 Å². The van der Waals surface area contributed by atoms with Crippen molar-refractivity contribution in [3.05, 3.63) is 6.42 Å². The average molecular weight is 259 g/mol. The van der Waals surface area contributed by atoms with Gasteiger partial charge in [0.25, 0.3) is 0 Å². The van der Waals surface area contributed by atoms with E-state index in [1.807, 2.05) is 0 Å². The first-order valence-corrected chi connectivity index (χ1v) is 7.36.